The number of carbonyl (C=O) groups excluding carboxylic acids is 1. The molecule has 7 nitrogen and oxygen atoms in total. The number of aryl methyl sites for hydroxylation is 1. The zero-order valence-electron chi connectivity index (χ0n) is 16.4. The zero-order valence-corrected chi connectivity index (χ0v) is 17.2. The fraction of sp³-hybridized carbons (Fsp3) is 0.227. The first-order chi connectivity index (χ1) is 14.5. The highest BCUT2D eigenvalue weighted by Gasteiger charge is 2.16. The molecule has 1 aliphatic carbocycles. The first kappa shape index (κ1) is 20.0. The van der Waals surface area contributed by atoms with Gasteiger partial charge in [0, 0.05) is 23.5 Å². The van der Waals surface area contributed by atoms with Crippen LogP contribution in [0.4, 0.5) is 23.1 Å². The molecule has 0 radical (unpaired) electrons. The van der Waals surface area contributed by atoms with Crippen LogP contribution in [0.3, 0.4) is 0 Å². The molecule has 0 aliphatic heterocycles. The molecule has 0 unspecified atom stereocenters. The van der Waals surface area contributed by atoms with E-state index in [9.17, 15) is 4.79 Å². The summed E-state index contributed by atoms with van der Waals surface area (Å²) < 4.78 is 0. The lowest BCUT2D eigenvalue weighted by Gasteiger charge is -2.21. The van der Waals surface area contributed by atoms with Crippen molar-refractivity contribution in [2.24, 2.45) is 5.73 Å². The van der Waals surface area contributed by atoms with Crippen molar-refractivity contribution < 1.29 is 4.79 Å². The average Bonchev–Trinajstić information content (AvgIpc) is 2.74. The third kappa shape index (κ3) is 4.31. The van der Waals surface area contributed by atoms with Crippen LogP contribution in [-0.4, -0.2) is 15.9 Å². The fourth-order valence-corrected chi connectivity index (χ4v) is 3.93. The van der Waals surface area contributed by atoms with Crippen molar-refractivity contribution in [1.29, 1.82) is 0 Å². The first-order valence-electron chi connectivity index (χ1n) is 9.83. The minimum absolute atomic E-state index is 0.350. The summed E-state index contributed by atoms with van der Waals surface area (Å²) in [7, 11) is 0. The van der Waals surface area contributed by atoms with Gasteiger partial charge in [-0.25, -0.2) is 4.98 Å². The van der Waals surface area contributed by atoms with Crippen molar-refractivity contribution in [3.05, 3.63) is 69.9 Å². The number of aromatic nitrogens is 2. The van der Waals surface area contributed by atoms with E-state index in [1.165, 1.54) is 23.7 Å². The van der Waals surface area contributed by atoms with E-state index in [4.69, 9.17) is 23.1 Å². The van der Waals surface area contributed by atoms with Crippen LogP contribution in [0.1, 0.15) is 39.9 Å². The van der Waals surface area contributed by atoms with Gasteiger partial charge in [0.25, 0.3) is 0 Å². The third-order valence-electron chi connectivity index (χ3n) is 5.21. The number of primary amides is 1. The SMILES string of the molecule is NC(=O)c1ccccc1CNc1nc(Nc2cc(N)cc3c2CCCC3)ncc1Cl. The van der Waals surface area contributed by atoms with Crippen molar-refractivity contribution in [3.8, 4) is 0 Å². The number of anilines is 4. The first-order valence-corrected chi connectivity index (χ1v) is 10.2. The standard InChI is InChI=1S/C22H23ClN6O/c23-18-12-27-22(28-19-10-15(24)9-13-5-1-3-7-16(13)19)29-21(18)26-11-14-6-2-4-8-17(14)20(25)30/h2,4,6,8-10,12H,1,3,5,7,11,24H2,(H2,25,30)(H2,26,27,28,29). The van der Waals surface area contributed by atoms with Crippen molar-refractivity contribution in [3.63, 3.8) is 0 Å². The Labute approximate surface area is 179 Å². The Hall–Kier alpha value is -3.32. The lowest BCUT2D eigenvalue weighted by Crippen LogP contribution is -2.15. The van der Waals surface area contributed by atoms with Gasteiger partial charge in [-0.05, 0) is 60.6 Å². The molecular weight excluding hydrogens is 400 g/mol. The number of benzene rings is 2. The van der Waals surface area contributed by atoms with Gasteiger partial charge < -0.3 is 22.1 Å². The molecule has 0 bridgehead atoms. The molecule has 0 spiro atoms. The molecule has 154 valence electrons. The van der Waals surface area contributed by atoms with E-state index >= 15 is 0 Å². The van der Waals surface area contributed by atoms with E-state index in [0.29, 0.717) is 34.6 Å². The van der Waals surface area contributed by atoms with Crippen molar-refractivity contribution in [2.75, 3.05) is 16.4 Å². The van der Waals surface area contributed by atoms with E-state index in [1.807, 2.05) is 24.3 Å². The molecule has 1 aromatic heterocycles. The monoisotopic (exact) mass is 422 g/mol. The number of nitrogen functional groups attached to an aromatic ring is 1. The van der Waals surface area contributed by atoms with E-state index < -0.39 is 5.91 Å². The minimum atomic E-state index is -0.477. The second kappa shape index (κ2) is 8.59. The predicted molar refractivity (Wildman–Crippen MR) is 120 cm³/mol. The second-order valence-electron chi connectivity index (χ2n) is 7.30. The average molecular weight is 423 g/mol. The Kier molecular flexibility index (Phi) is 5.72. The molecule has 0 fully saturated rings. The van der Waals surface area contributed by atoms with Gasteiger partial charge in [0.15, 0.2) is 5.82 Å². The zero-order chi connectivity index (χ0) is 21.1. The van der Waals surface area contributed by atoms with Crippen LogP contribution in [0, 0.1) is 0 Å². The van der Waals surface area contributed by atoms with E-state index in [0.717, 1.165) is 30.5 Å². The summed E-state index contributed by atoms with van der Waals surface area (Å²) in [4.78, 5) is 20.4. The van der Waals surface area contributed by atoms with Crippen LogP contribution in [0.15, 0.2) is 42.6 Å². The Balaban J connectivity index is 1.56. The number of hydrogen-bond acceptors (Lipinski definition) is 6. The quantitative estimate of drug-likeness (QED) is 0.445. The molecule has 6 N–H and O–H groups in total. The maximum atomic E-state index is 11.6. The van der Waals surface area contributed by atoms with Gasteiger partial charge in [-0.15, -0.1) is 0 Å². The number of halogens is 1. The highest BCUT2D eigenvalue weighted by atomic mass is 35.5. The van der Waals surface area contributed by atoms with Crippen LogP contribution in [0.5, 0.6) is 0 Å². The predicted octanol–water partition coefficient (Wildman–Crippen LogP) is 4.05. The maximum absolute atomic E-state index is 11.6. The molecular formula is C22H23ClN6O. The summed E-state index contributed by atoms with van der Waals surface area (Å²) in [6.45, 7) is 0.350. The van der Waals surface area contributed by atoms with Crippen LogP contribution in [0.2, 0.25) is 5.02 Å². The molecule has 2 aromatic carbocycles. The smallest absolute Gasteiger partial charge is 0.249 e. The van der Waals surface area contributed by atoms with Crippen LogP contribution in [-0.2, 0) is 19.4 Å². The topological polar surface area (TPSA) is 119 Å². The molecule has 4 rings (SSSR count). The summed E-state index contributed by atoms with van der Waals surface area (Å²) in [6, 6.07) is 11.1. The fourth-order valence-electron chi connectivity index (χ4n) is 3.77. The molecule has 30 heavy (non-hydrogen) atoms. The molecule has 1 aliphatic rings. The summed E-state index contributed by atoms with van der Waals surface area (Å²) in [5.41, 5.74) is 16.9. The highest BCUT2D eigenvalue weighted by Crippen LogP contribution is 2.32. The minimum Gasteiger partial charge on any atom is -0.399 e. The van der Waals surface area contributed by atoms with E-state index in [-0.39, 0.29) is 0 Å². The van der Waals surface area contributed by atoms with Crippen LogP contribution in [0.25, 0.3) is 0 Å². The van der Waals surface area contributed by atoms with Crippen molar-refractivity contribution in [2.45, 2.75) is 32.2 Å². The van der Waals surface area contributed by atoms with Gasteiger partial charge in [-0.2, -0.15) is 4.98 Å². The Morgan fingerprint density at radius 2 is 1.97 bits per heavy atom. The summed E-state index contributed by atoms with van der Waals surface area (Å²) in [6.07, 6.45) is 5.90. The number of nitrogens with one attached hydrogen (secondary N) is 2. The maximum Gasteiger partial charge on any atom is 0.249 e. The summed E-state index contributed by atoms with van der Waals surface area (Å²) in [5.74, 6) is 0.407. The highest BCUT2D eigenvalue weighted by molar-refractivity contribution is 6.32. The molecule has 1 amide bonds. The Morgan fingerprint density at radius 1 is 1.17 bits per heavy atom. The van der Waals surface area contributed by atoms with Crippen LogP contribution < -0.4 is 22.1 Å². The number of amides is 1. The largest absolute Gasteiger partial charge is 0.399 e. The molecule has 0 saturated heterocycles. The van der Waals surface area contributed by atoms with Crippen LogP contribution >= 0.6 is 11.6 Å². The molecule has 8 heteroatoms. The van der Waals surface area contributed by atoms with Gasteiger partial charge in [0.05, 0.1) is 6.20 Å². The summed E-state index contributed by atoms with van der Waals surface area (Å²) in [5, 5.41) is 6.84. The van der Waals surface area contributed by atoms with Gasteiger partial charge in [0.1, 0.15) is 5.02 Å². The van der Waals surface area contributed by atoms with E-state index in [2.05, 4.69) is 20.6 Å². The Morgan fingerprint density at radius 3 is 2.80 bits per heavy atom. The van der Waals surface area contributed by atoms with E-state index in [1.54, 1.807) is 12.1 Å². The number of rotatable bonds is 6. The number of nitrogens with zero attached hydrogens (tertiary/aromatic N) is 2. The number of nitrogens with two attached hydrogens (primary N) is 2. The number of hydrogen-bond donors (Lipinski definition) is 4. The van der Waals surface area contributed by atoms with Gasteiger partial charge in [-0.3, -0.25) is 4.79 Å². The molecule has 0 atom stereocenters. The number of carbonyl (C=O) groups is 1. The second-order valence-corrected chi connectivity index (χ2v) is 7.71. The third-order valence-corrected chi connectivity index (χ3v) is 5.48. The molecule has 1 heterocycles. The lowest BCUT2D eigenvalue weighted by atomic mass is 9.90. The van der Waals surface area contributed by atoms with Gasteiger partial charge >= 0.3 is 0 Å². The Bertz CT molecular complexity index is 1100. The van der Waals surface area contributed by atoms with Gasteiger partial charge in [0.2, 0.25) is 11.9 Å². The summed E-state index contributed by atoms with van der Waals surface area (Å²) >= 11 is 6.28. The molecule has 3 aromatic rings. The van der Waals surface area contributed by atoms with Gasteiger partial charge in [-0.1, -0.05) is 29.8 Å². The van der Waals surface area contributed by atoms with Crippen molar-refractivity contribution in [1.82, 2.24) is 9.97 Å². The lowest BCUT2D eigenvalue weighted by molar-refractivity contribution is 0.0999. The molecule has 0 saturated carbocycles. The number of fused-ring (bicyclic) bond motifs is 1. The van der Waals surface area contributed by atoms with Crippen molar-refractivity contribution >= 4 is 40.6 Å². The normalized spacial score (nSPS) is 12.8.